The molecule has 3 unspecified atom stereocenters. The maximum atomic E-state index is 15.0. The van der Waals surface area contributed by atoms with Crippen LogP contribution in [0.25, 0.3) is 0 Å². The summed E-state index contributed by atoms with van der Waals surface area (Å²) in [5, 5.41) is 17.0. The van der Waals surface area contributed by atoms with Crippen molar-refractivity contribution in [2.45, 2.75) is 201 Å². The topological polar surface area (TPSA) is 261 Å². The van der Waals surface area contributed by atoms with E-state index in [0.29, 0.717) is 24.2 Å². The van der Waals surface area contributed by atoms with Gasteiger partial charge in [0.2, 0.25) is 47.3 Å². The first kappa shape index (κ1) is 74.6. The molecule has 2 aromatic carbocycles. The molecule has 0 bridgehead atoms. The highest BCUT2D eigenvalue weighted by molar-refractivity contribution is 5.99. The molecule has 0 radical (unpaired) electrons. The lowest BCUT2D eigenvalue weighted by Gasteiger charge is -2.38. The number of piperidine rings is 1. The van der Waals surface area contributed by atoms with Gasteiger partial charge in [-0.15, -0.1) is 0 Å². The fourth-order valence-corrected chi connectivity index (χ4v) is 11.8. The van der Waals surface area contributed by atoms with E-state index >= 15 is 4.79 Å². The Bertz CT molecular complexity index is 2730. The lowest BCUT2D eigenvalue weighted by Crippen LogP contribution is -2.58. The van der Waals surface area contributed by atoms with Gasteiger partial charge in [-0.2, -0.15) is 0 Å². The van der Waals surface area contributed by atoms with E-state index in [1.807, 2.05) is 33.8 Å². The van der Waals surface area contributed by atoms with Gasteiger partial charge in [-0.3, -0.25) is 52.7 Å². The number of carbonyl (C=O) groups is 11. The van der Waals surface area contributed by atoms with Crippen molar-refractivity contribution in [1.82, 2.24) is 40.0 Å². The zero-order valence-corrected chi connectivity index (χ0v) is 55.8. The third kappa shape index (κ3) is 22.8. The summed E-state index contributed by atoms with van der Waals surface area (Å²) in [4.78, 5) is 169. The second-order valence-electron chi connectivity index (χ2n) is 26.8. The number of rotatable bonds is 13. The van der Waals surface area contributed by atoms with Crippen LogP contribution in [0, 0.1) is 29.6 Å². The third-order valence-electron chi connectivity index (χ3n) is 17.0. The molecule has 2 heterocycles. The molecule has 494 valence electrons. The van der Waals surface area contributed by atoms with Crippen molar-refractivity contribution in [2.24, 2.45) is 29.6 Å². The van der Waals surface area contributed by atoms with E-state index < -0.39 is 143 Å². The number of ether oxygens (including phenoxy) is 1. The van der Waals surface area contributed by atoms with Crippen LogP contribution in [0.4, 0.5) is 0 Å². The average Bonchev–Trinajstić information content (AvgIpc) is 1.51. The van der Waals surface area contributed by atoms with Crippen molar-refractivity contribution >= 4 is 64.6 Å². The number of nitrogens with zero attached hydrogens (tertiary/aromatic N) is 6. The molecular weight excluding hydrogens is 1140 g/mol. The molecule has 21 heteroatoms. The van der Waals surface area contributed by atoms with E-state index in [-0.39, 0.29) is 76.4 Å². The number of nitrogens with one attached hydrogen (secondary N) is 2. The number of amides is 8. The Morgan fingerprint density at radius 1 is 0.573 bits per heavy atom. The number of likely N-dealkylation sites (N-methyl/N-ethyl adjacent to an activating group) is 4. The fraction of sp³-hybridized carbons (Fsp3) is 0.662. The van der Waals surface area contributed by atoms with Gasteiger partial charge in [0, 0.05) is 92.9 Å². The minimum atomic E-state index is -1.41. The van der Waals surface area contributed by atoms with E-state index in [4.69, 9.17) is 4.74 Å². The molecule has 2 saturated heterocycles. The van der Waals surface area contributed by atoms with Gasteiger partial charge in [0.25, 0.3) is 0 Å². The van der Waals surface area contributed by atoms with Crippen LogP contribution in [0.15, 0.2) is 60.7 Å². The van der Waals surface area contributed by atoms with Crippen molar-refractivity contribution < 1.29 is 62.6 Å². The monoisotopic (exact) mass is 1240 g/mol. The maximum Gasteiger partial charge on any atom is 0.247 e. The molecule has 0 spiro atoms. The Morgan fingerprint density at radius 3 is 1.65 bits per heavy atom. The molecule has 2 aliphatic rings. The molecule has 21 nitrogen and oxygen atoms in total. The van der Waals surface area contributed by atoms with E-state index in [1.54, 1.807) is 94.1 Å². The van der Waals surface area contributed by atoms with Gasteiger partial charge in [-0.25, -0.2) is 0 Å². The van der Waals surface area contributed by atoms with Crippen molar-refractivity contribution in [3.63, 3.8) is 0 Å². The Balaban J connectivity index is 1.87. The number of likely N-dealkylation sites (tertiary alicyclic amines) is 1. The lowest BCUT2D eigenvalue weighted by molar-refractivity contribution is -0.152. The molecule has 9 atom stereocenters. The van der Waals surface area contributed by atoms with Gasteiger partial charge < -0.3 is 49.9 Å². The summed E-state index contributed by atoms with van der Waals surface area (Å²) in [7, 11) is 7.25. The number of aliphatic hydroxyl groups excluding tert-OH is 1. The number of hydrogen-bond donors (Lipinski definition) is 3. The van der Waals surface area contributed by atoms with Gasteiger partial charge in [0.05, 0.1) is 48.8 Å². The highest BCUT2D eigenvalue weighted by atomic mass is 16.5. The minimum absolute atomic E-state index is 0.0172. The Labute approximate surface area is 528 Å². The molecule has 0 aromatic heterocycles. The molecule has 89 heavy (non-hydrogen) atoms. The van der Waals surface area contributed by atoms with Gasteiger partial charge in [-0.1, -0.05) is 102 Å². The largest absolute Gasteiger partial charge is 0.393 e. The van der Waals surface area contributed by atoms with Crippen molar-refractivity contribution in [3.8, 4) is 0 Å². The van der Waals surface area contributed by atoms with E-state index in [9.17, 15) is 53.1 Å². The quantitative estimate of drug-likeness (QED) is 0.225. The molecule has 2 aliphatic heterocycles. The molecule has 2 aromatic rings. The maximum absolute atomic E-state index is 15.0. The van der Waals surface area contributed by atoms with Crippen LogP contribution in [0.1, 0.15) is 151 Å². The van der Waals surface area contributed by atoms with Crippen LogP contribution in [-0.4, -0.2) is 209 Å². The highest BCUT2D eigenvalue weighted by Crippen LogP contribution is 2.27. The SMILES string of the molecule is CC(C)C[C@H]1C(=O)N(C)[C@@H](CC(C)C)C(=O)CC(C(C)O)C(=O)N(C)[C@@H](Cc2ccccc2)C(=O)CCC(=O)N(C)[C@@H](C(C)C)C(=O)C[C@@H](Cc2ccccc2)C(=O)NC(C(=O)N2CCCCC2)CC(=O)N(C)CCC(=O)N[C@@H](COC(C)(C)C)C(=O)N1C. The summed E-state index contributed by atoms with van der Waals surface area (Å²) < 4.78 is 6.08. The molecule has 3 N–H and O–H groups in total. The van der Waals surface area contributed by atoms with Crippen LogP contribution in [0.2, 0.25) is 0 Å². The van der Waals surface area contributed by atoms with Gasteiger partial charge >= 0.3 is 0 Å². The van der Waals surface area contributed by atoms with Crippen LogP contribution in [0.5, 0.6) is 0 Å². The van der Waals surface area contributed by atoms with Crippen molar-refractivity contribution in [1.29, 1.82) is 0 Å². The summed E-state index contributed by atoms with van der Waals surface area (Å²) in [5.74, 6) is -9.62. The van der Waals surface area contributed by atoms with Gasteiger partial charge in [0.15, 0.2) is 17.3 Å². The first-order valence-corrected chi connectivity index (χ1v) is 31.9. The number of ketones is 3. The Kier molecular flexibility index (Phi) is 29.3. The van der Waals surface area contributed by atoms with Crippen LogP contribution >= 0.6 is 0 Å². The smallest absolute Gasteiger partial charge is 0.247 e. The molecule has 0 aliphatic carbocycles. The number of Topliss-reactive ketones (excluding diaryl/α,β-unsaturated/α-hetero) is 3. The highest BCUT2D eigenvalue weighted by Gasteiger charge is 2.42. The average molecular weight is 1240 g/mol. The second-order valence-corrected chi connectivity index (χ2v) is 26.8. The molecule has 4 rings (SSSR count). The fourth-order valence-electron chi connectivity index (χ4n) is 11.8. The zero-order chi connectivity index (χ0) is 66.6. The standard InChI is InChI=1S/C68H104N8O13/c1-43(2)35-53-57(79)40-50(46(7)77)64(85)72(12)54(38-48-27-21-17-22-28-48)56(78)29-30-60(82)75(15)62(45(5)6)58(80)39-49(37-47-25-19-16-20-26-47)63(84)70-51(66(87)76-32-23-18-24-33-76)41-61(83)71(11)34-31-59(81)69-52(42-89-68(8,9)10)65(86)74(14)55(36-44(3)4)67(88)73(53)13/h16-17,19-22,25-28,43-46,49-55,62,77H,18,23-24,29-42H2,1-15H3,(H,69,81)(H,70,84)/t46?,49-,50?,51?,52+,53+,54+,55+,62+/m1/s1. The molecule has 0 saturated carbocycles. The zero-order valence-electron chi connectivity index (χ0n) is 55.8. The van der Waals surface area contributed by atoms with E-state index in [0.717, 1.165) is 19.3 Å². The first-order chi connectivity index (χ1) is 41.7. The van der Waals surface area contributed by atoms with Crippen LogP contribution < -0.4 is 10.6 Å². The summed E-state index contributed by atoms with van der Waals surface area (Å²) >= 11 is 0. The summed E-state index contributed by atoms with van der Waals surface area (Å²) in [6.45, 7) is 18.1. The molecular formula is C68H104N8O13. The normalized spacial score (nSPS) is 24.9. The number of carbonyl (C=O) groups excluding carboxylic acids is 11. The first-order valence-electron chi connectivity index (χ1n) is 31.9. The van der Waals surface area contributed by atoms with Gasteiger partial charge in [-0.05, 0) is 102 Å². The van der Waals surface area contributed by atoms with Crippen LogP contribution in [0.3, 0.4) is 0 Å². The number of benzene rings is 2. The number of aliphatic hydroxyl groups is 1. The van der Waals surface area contributed by atoms with Crippen molar-refractivity contribution in [3.05, 3.63) is 71.8 Å². The summed E-state index contributed by atoms with van der Waals surface area (Å²) in [6.07, 6.45) is -1.09. The Hall–Kier alpha value is -6.87. The third-order valence-corrected chi connectivity index (χ3v) is 17.0. The second kappa shape index (κ2) is 34.9. The van der Waals surface area contributed by atoms with E-state index in [2.05, 4.69) is 10.6 Å². The van der Waals surface area contributed by atoms with Gasteiger partial charge in [0.1, 0.15) is 18.1 Å². The lowest BCUT2D eigenvalue weighted by atomic mass is 9.87. The Morgan fingerprint density at radius 2 is 1.11 bits per heavy atom. The summed E-state index contributed by atoms with van der Waals surface area (Å²) in [5.41, 5.74) is 0.628. The molecule has 8 amide bonds. The molecule has 2 fully saturated rings. The predicted molar refractivity (Wildman–Crippen MR) is 339 cm³/mol. The minimum Gasteiger partial charge on any atom is -0.393 e. The van der Waals surface area contributed by atoms with Crippen LogP contribution in [-0.2, 0) is 70.3 Å². The van der Waals surface area contributed by atoms with E-state index in [1.165, 1.54) is 66.7 Å². The predicted octanol–water partition coefficient (Wildman–Crippen LogP) is 5.46. The summed E-state index contributed by atoms with van der Waals surface area (Å²) in [6, 6.07) is 10.7. The van der Waals surface area contributed by atoms with Crippen molar-refractivity contribution in [2.75, 3.05) is 61.5 Å². The number of hydrogen-bond acceptors (Lipinski definition) is 13.